The summed E-state index contributed by atoms with van der Waals surface area (Å²) in [5.74, 6) is -1.05. The zero-order valence-corrected chi connectivity index (χ0v) is 25.5. The SMILES string of the molecule is CN(CC(O)CNC(C)(C)CCCc1ccccc1)S(=O)(=O)c1cc(-c2sccc2CCC(=O)O)cc(C(F)(F)F)c1. The van der Waals surface area contributed by atoms with Crippen molar-refractivity contribution in [1.29, 1.82) is 0 Å². The van der Waals surface area contributed by atoms with Crippen LogP contribution in [0.15, 0.2) is 64.9 Å². The number of β-amino-alcohol motifs (C(OH)–C–C–N with tert-alkyl or cyclic N) is 1. The molecular weight excluding hydrogens is 589 g/mol. The van der Waals surface area contributed by atoms with Crippen LogP contribution < -0.4 is 5.32 Å². The maximum Gasteiger partial charge on any atom is 0.416 e. The molecule has 0 aliphatic heterocycles. The van der Waals surface area contributed by atoms with Crippen molar-refractivity contribution >= 4 is 27.3 Å². The summed E-state index contributed by atoms with van der Waals surface area (Å²) < 4.78 is 69.1. The largest absolute Gasteiger partial charge is 0.481 e. The monoisotopic (exact) mass is 626 g/mol. The molecule has 1 unspecified atom stereocenters. The van der Waals surface area contributed by atoms with Crippen LogP contribution in [0, 0.1) is 0 Å². The van der Waals surface area contributed by atoms with Crippen LogP contribution in [0.1, 0.15) is 49.8 Å². The quantitative estimate of drug-likeness (QED) is 0.196. The van der Waals surface area contributed by atoms with Crippen molar-refractivity contribution in [2.45, 2.75) is 68.7 Å². The summed E-state index contributed by atoms with van der Waals surface area (Å²) in [6, 6.07) is 14.3. The first-order valence-corrected chi connectivity index (χ1v) is 15.8. The smallest absolute Gasteiger partial charge is 0.416 e. The molecule has 230 valence electrons. The average Bonchev–Trinajstić information content (AvgIpc) is 3.39. The van der Waals surface area contributed by atoms with Gasteiger partial charge in [-0.2, -0.15) is 17.5 Å². The van der Waals surface area contributed by atoms with Crippen molar-refractivity contribution in [3.8, 4) is 10.4 Å². The molecule has 0 bridgehead atoms. The van der Waals surface area contributed by atoms with Gasteiger partial charge in [-0.15, -0.1) is 11.3 Å². The molecular formula is C30H37F3N2O5S2. The lowest BCUT2D eigenvalue weighted by Gasteiger charge is -2.29. The van der Waals surface area contributed by atoms with Crippen LogP contribution in [0.25, 0.3) is 10.4 Å². The number of halogens is 3. The van der Waals surface area contributed by atoms with Crippen molar-refractivity contribution in [2.75, 3.05) is 20.1 Å². The van der Waals surface area contributed by atoms with E-state index in [-0.39, 0.29) is 37.0 Å². The summed E-state index contributed by atoms with van der Waals surface area (Å²) in [5, 5.41) is 24.5. The number of carboxylic acid groups (broad SMARTS) is 1. The van der Waals surface area contributed by atoms with Crippen molar-refractivity contribution in [2.24, 2.45) is 0 Å². The molecule has 0 saturated carbocycles. The van der Waals surface area contributed by atoms with Crippen LogP contribution in [-0.2, 0) is 33.8 Å². The van der Waals surface area contributed by atoms with Crippen molar-refractivity contribution in [3.63, 3.8) is 0 Å². The second-order valence-corrected chi connectivity index (χ2v) is 13.9. The van der Waals surface area contributed by atoms with Gasteiger partial charge < -0.3 is 15.5 Å². The van der Waals surface area contributed by atoms with Crippen LogP contribution in [0.5, 0.6) is 0 Å². The summed E-state index contributed by atoms with van der Waals surface area (Å²) in [7, 11) is -3.20. The van der Waals surface area contributed by atoms with E-state index in [1.165, 1.54) is 12.6 Å². The van der Waals surface area contributed by atoms with Gasteiger partial charge in [0.15, 0.2) is 0 Å². The molecule has 3 aromatic rings. The number of thiophene rings is 1. The summed E-state index contributed by atoms with van der Waals surface area (Å²) >= 11 is 1.11. The lowest BCUT2D eigenvalue weighted by atomic mass is 9.95. The molecule has 0 fully saturated rings. The molecule has 0 aliphatic carbocycles. The van der Waals surface area contributed by atoms with Gasteiger partial charge in [-0.05, 0) is 85.9 Å². The van der Waals surface area contributed by atoms with E-state index >= 15 is 0 Å². The zero-order chi connectivity index (χ0) is 31.1. The topological polar surface area (TPSA) is 107 Å². The number of aryl methyl sites for hydroxylation is 2. The van der Waals surface area contributed by atoms with Crippen molar-refractivity contribution in [3.05, 3.63) is 76.7 Å². The van der Waals surface area contributed by atoms with Gasteiger partial charge in [0.25, 0.3) is 0 Å². The lowest BCUT2D eigenvalue weighted by molar-refractivity contribution is -0.138. The Morgan fingerprint density at radius 3 is 2.40 bits per heavy atom. The van der Waals surface area contributed by atoms with Crippen LogP contribution in [-0.4, -0.2) is 60.7 Å². The highest BCUT2D eigenvalue weighted by Crippen LogP contribution is 2.38. The molecule has 0 radical (unpaired) electrons. The standard InChI is InChI=1S/C30H37F3N2O5S2/c1-29(2,14-7-10-21-8-5-4-6-9-21)34-19-25(36)20-35(3)42(39,40)26-17-23(16-24(18-26)30(31,32)33)28-22(13-15-41-28)11-12-27(37)38/h4-6,8-9,13,15-18,25,34,36H,7,10-12,14,19-20H2,1-3H3,(H,37,38). The Kier molecular flexibility index (Phi) is 11.4. The normalized spacial score (nSPS) is 13.4. The minimum absolute atomic E-state index is 0.0339. The predicted octanol–water partition coefficient (Wildman–Crippen LogP) is 5.82. The molecule has 1 heterocycles. The number of aliphatic carboxylic acids is 1. The molecule has 3 rings (SSSR count). The van der Waals surface area contributed by atoms with Gasteiger partial charge in [-0.25, -0.2) is 8.42 Å². The van der Waals surface area contributed by atoms with E-state index in [9.17, 15) is 31.5 Å². The molecule has 7 nitrogen and oxygen atoms in total. The highest BCUT2D eigenvalue weighted by molar-refractivity contribution is 7.89. The number of hydrogen-bond donors (Lipinski definition) is 3. The molecule has 2 aromatic carbocycles. The molecule has 0 aliphatic rings. The van der Waals surface area contributed by atoms with E-state index in [0.29, 0.717) is 16.5 Å². The van der Waals surface area contributed by atoms with Gasteiger partial charge in [0, 0.05) is 37.0 Å². The second kappa shape index (κ2) is 14.1. The van der Waals surface area contributed by atoms with E-state index in [2.05, 4.69) is 17.4 Å². The minimum atomic E-state index is -4.81. The Balaban J connectivity index is 1.71. The van der Waals surface area contributed by atoms with E-state index in [1.807, 2.05) is 32.0 Å². The Labute approximate surface area is 249 Å². The van der Waals surface area contributed by atoms with Gasteiger partial charge in [0.05, 0.1) is 16.6 Å². The molecule has 1 aromatic heterocycles. The van der Waals surface area contributed by atoms with Crippen LogP contribution in [0.4, 0.5) is 13.2 Å². The number of aliphatic hydroxyl groups is 1. The first kappa shape index (κ1) is 33.7. The third kappa shape index (κ3) is 9.63. The minimum Gasteiger partial charge on any atom is -0.481 e. The molecule has 0 amide bonds. The maximum atomic E-state index is 13.8. The average molecular weight is 627 g/mol. The fourth-order valence-electron chi connectivity index (χ4n) is 4.57. The molecule has 12 heteroatoms. The number of benzene rings is 2. The van der Waals surface area contributed by atoms with Crippen molar-refractivity contribution < 1.29 is 36.6 Å². The molecule has 3 N–H and O–H groups in total. The van der Waals surface area contributed by atoms with E-state index < -0.39 is 38.7 Å². The number of carboxylic acids is 1. The predicted molar refractivity (Wildman–Crippen MR) is 158 cm³/mol. The summed E-state index contributed by atoms with van der Waals surface area (Å²) in [4.78, 5) is 10.8. The van der Waals surface area contributed by atoms with Gasteiger partial charge in [-0.1, -0.05) is 30.3 Å². The van der Waals surface area contributed by atoms with E-state index in [1.54, 1.807) is 11.4 Å². The number of alkyl halides is 3. The Morgan fingerprint density at radius 2 is 1.76 bits per heavy atom. The van der Waals surface area contributed by atoms with E-state index in [0.717, 1.165) is 47.0 Å². The molecule has 0 spiro atoms. The maximum absolute atomic E-state index is 13.8. The Bertz CT molecular complexity index is 1440. The van der Waals surface area contributed by atoms with Gasteiger partial charge in [0.1, 0.15) is 0 Å². The number of nitrogens with zero attached hydrogens (tertiary/aromatic N) is 1. The van der Waals surface area contributed by atoms with Crippen molar-refractivity contribution in [1.82, 2.24) is 9.62 Å². The highest BCUT2D eigenvalue weighted by atomic mass is 32.2. The first-order valence-electron chi connectivity index (χ1n) is 13.5. The van der Waals surface area contributed by atoms with Crippen LogP contribution >= 0.6 is 11.3 Å². The number of carbonyl (C=O) groups is 1. The lowest BCUT2D eigenvalue weighted by Crippen LogP contribution is -2.46. The van der Waals surface area contributed by atoms with Crippen LogP contribution in [0.2, 0.25) is 0 Å². The Morgan fingerprint density at radius 1 is 1.07 bits per heavy atom. The van der Waals surface area contributed by atoms with Gasteiger partial charge >= 0.3 is 12.1 Å². The number of likely N-dealkylation sites (N-methyl/N-ethyl adjacent to an activating group) is 1. The molecule has 1 atom stereocenters. The fourth-order valence-corrected chi connectivity index (χ4v) is 6.80. The number of nitrogens with one attached hydrogen (secondary N) is 1. The fraction of sp³-hybridized carbons (Fsp3) is 0.433. The highest BCUT2D eigenvalue weighted by Gasteiger charge is 2.34. The van der Waals surface area contributed by atoms with Gasteiger partial charge in [-0.3, -0.25) is 4.79 Å². The van der Waals surface area contributed by atoms with Crippen LogP contribution in [0.3, 0.4) is 0 Å². The summed E-state index contributed by atoms with van der Waals surface area (Å²) in [6.07, 6.45) is -3.42. The van der Waals surface area contributed by atoms with Gasteiger partial charge in [0.2, 0.25) is 10.0 Å². The number of rotatable bonds is 15. The summed E-state index contributed by atoms with van der Waals surface area (Å²) in [5.41, 5.74) is 0.317. The number of aliphatic hydroxyl groups excluding tert-OH is 1. The zero-order valence-electron chi connectivity index (χ0n) is 23.8. The third-order valence-electron chi connectivity index (χ3n) is 6.95. The number of sulfonamides is 1. The Hall–Kier alpha value is -2.77. The molecule has 0 saturated heterocycles. The second-order valence-electron chi connectivity index (χ2n) is 11.0. The summed E-state index contributed by atoms with van der Waals surface area (Å²) in [6.45, 7) is 3.74. The first-order chi connectivity index (χ1) is 19.6. The van der Waals surface area contributed by atoms with E-state index in [4.69, 9.17) is 5.11 Å². The number of hydrogen-bond acceptors (Lipinski definition) is 6. The molecule has 42 heavy (non-hydrogen) atoms. The third-order valence-corrected chi connectivity index (χ3v) is 9.76.